The second-order valence-electron chi connectivity index (χ2n) is 15.8. The van der Waals surface area contributed by atoms with E-state index in [0.29, 0.717) is 0 Å². The van der Waals surface area contributed by atoms with E-state index in [1.54, 1.807) is 0 Å². The molecule has 0 atom stereocenters. The Kier molecular flexibility index (Phi) is 8.31. The van der Waals surface area contributed by atoms with Crippen LogP contribution in [0.3, 0.4) is 0 Å². The summed E-state index contributed by atoms with van der Waals surface area (Å²) >= 11 is 0. The van der Waals surface area contributed by atoms with E-state index in [9.17, 15) is 0 Å². The summed E-state index contributed by atoms with van der Waals surface area (Å²) in [5, 5.41) is 10.1. The number of rotatable bonds is 7. The third-order valence-corrected chi connectivity index (χ3v) is 17.2. The van der Waals surface area contributed by atoms with Gasteiger partial charge in [0.1, 0.15) is 11.2 Å². The Morgan fingerprint density at radius 1 is 0.356 bits per heavy atom. The van der Waals surface area contributed by atoms with E-state index in [4.69, 9.17) is 4.42 Å². The summed E-state index contributed by atoms with van der Waals surface area (Å²) < 4.78 is 9.08. The lowest BCUT2D eigenvalue weighted by atomic mass is 9.97. The number of hydrogen-bond acceptors (Lipinski definition) is 1. The Bertz CT molecular complexity index is 3140. The first-order valence-electron chi connectivity index (χ1n) is 20.4. The maximum atomic E-state index is 6.64. The second-order valence-corrected chi connectivity index (χ2v) is 19.6. The molecule has 0 aliphatic heterocycles. The van der Waals surface area contributed by atoms with E-state index in [1.807, 2.05) is 0 Å². The van der Waals surface area contributed by atoms with Gasteiger partial charge >= 0.3 is 0 Å². The van der Waals surface area contributed by atoms with Gasteiger partial charge in [-0.05, 0) is 117 Å². The van der Waals surface area contributed by atoms with Gasteiger partial charge in [-0.1, -0.05) is 164 Å². The molecule has 280 valence electrons. The first-order valence-corrected chi connectivity index (χ1v) is 22.4. The molecule has 0 spiro atoms. The van der Waals surface area contributed by atoms with Gasteiger partial charge in [-0.3, -0.25) is 0 Å². The van der Waals surface area contributed by atoms with Crippen LogP contribution in [-0.4, -0.2) is 12.6 Å². The zero-order valence-corrected chi connectivity index (χ0v) is 34.1. The van der Waals surface area contributed by atoms with Crippen molar-refractivity contribution in [3.05, 3.63) is 223 Å². The van der Waals surface area contributed by atoms with Crippen LogP contribution in [0.2, 0.25) is 0 Å². The fraction of sp³-hybridized carbons (Fsp3) is 0.0357. The largest absolute Gasteiger partial charge is 0.456 e. The van der Waals surface area contributed by atoms with Crippen LogP contribution in [0.1, 0.15) is 11.1 Å². The van der Waals surface area contributed by atoms with Crippen LogP contribution in [0, 0.1) is 13.8 Å². The van der Waals surface area contributed by atoms with Crippen molar-refractivity contribution in [3.63, 3.8) is 0 Å². The van der Waals surface area contributed by atoms with Crippen molar-refractivity contribution < 1.29 is 4.42 Å². The summed E-state index contributed by atoms with van der Waals surface area (Å²) in [5.74, 6) is 0. The predicted molar refractivity (Wildman–Crippen MR) is 252 cm³/mol. The SMILES string of the molecule is Cc1ccccc1-c1ccc2c(c1)c1cc(-c3ccccc3C)ccc1n2-c1ccc2oc3ccc([Si](c4ccccc4)(c4ccccc4)c4ccccc4)cc3c2c1. The summed E-state index contributed by atoms with van der Waals surface area (Å²) in [6, 6.07) is 78.3. The zero-order valence-electron chi connectivity index (χ0n) is 33.1. The van der Waals surface area contributed by atoms with Crippen LogP contribution in [0.15, 0.2) is 217 Å². The first kappa shape index (κ1) is 35.0. The van der Waals surface area contributed by atoms with Crippen molar-refractivity contribution >= 4 is 72.6 Å². The van der Waals surface area contributed by atoms with Gasteiger partial charge in [0, 0.05) is 27.2 Å². The summed E-state index contributed by atoms with van der Waals surface area (Å²) in [6.07, 6.45) is 0. The first-order chi connectivity index (χ1) is 29.1. The molecule has 3 heteroatoms. The molecule has 2 aromatic heterocycles. The molecule has 0 aliphatic carbocycles. The molecule has 2 heterocycles. The minimum atomic E-state index is -2.74. The van der Waals surface area contributed by atoms with Crippen molar-refractivity contribution in [1.82, 2.24) is 4.57 Å². The van der Waals surface area contributed by atoms with Gasteiger partial charge in [-0.25, -0.2) is 0 Å². The average molecular weight is 772 g/mol. The molecule has 0 radical (unpaired) electrons. The van der Waals surface area contributed by atoms with Crippen molar-refractivity contribution in [2.45, 2.75) is 13.8 Å². The molecule has 11 rings (SSSR count). The molecule has 0 unspecified atom stereocenters. The van der Waals surface area contributed by atoms with Gasteiger partial charge in [0.2, 0.25) is 0 Å². The highest BCUT2D eigenvalue weighted by molar-refractivity contribution is 7.20. The normalized spacial score (nSPS) is 11.9. The molecule has 0 aliphatic rings. The number of hydrogen-bond donors (Lipinski definition) is 0. The lowest BCUT2D eigenvalue weighted by molar-refractivity contribution is 0.669. The van der Waals surface area contributed by atoms with Crippen LogP contribution < -0.4 is 20.7 Å². The number of aromatic nitrogens is 1. The number of nitrogens with zero attached hydrogens (tertiary/aromatic N) is 1. The molecular weight excluding hydrogens is 731 g/mol. The molecule has 0 saturated heterocycles. The fourth-order valence-electron chi connectivity index (χ4n) is 9.63. The van der Waals surface area contributed by atoms with Crippen LogP contribution in [0.4, 0.5) is 0 Å². The van der Waals surface area contributed by atoms with Crippen molar-refractivity contribution in [2.75, 3.05) is 0 Å². The van der Waals surface area contributed by atoms with Gasteiger partial charge < -0.3 is 8.98 Å². The van der Waals surface area contributed by atoms with Gasteiger partial charge in [-0.15, -0.1) is 0 Å². The Hall–Kier alpha value is -7.20. The third-order valence-electron chi connectivity index (χ3n) is 12.4. The van der Waals surface area contributed by atoms with E-state index in [2.05, 4.69) is 231 Å². The topological polar surface area (TPSA) is 18.1 Å². The fourth-order valence-corrected chi connectivity index (χ4v) is 14.4. The van der Waals surface area contributed by atoms with Gasteiger partial charge in [-0.2, -0.15) is 0 Å². The Labute approximate surface area is 345 Å². The number of fused-ring (bicyclic) bond motifs is 6. The standard InChI is InChI=1S/C56H41NOSi/c1-38-16-12-14-24-47(38)40-26-30-53-49(34-40)50-35-41(48-25-15-13-17-39(48)2)27-31-54(50)57(53)42-28-32-55-51(36-42)52-37-46(29-33-56(52)58-55)59(43-18-6-3-7-19-43,44-20-8-4-9-21-44)45-22-10-5-11-23-45/h3-37H,1-2H3. The van der Waals surface area contributed by atoms with Crippen LogP contribution in [0.5, 0.6) is 0 Å². The van der Waals surface area contributed by atoms with Crippen molar-refractivity contribution in [3.8, 4) is 27.9 Å². The maximum Gasteiger partial charge on any atom is 0.179 e. The van der Waals surface area contributed by atoms with Gasteiger partial charge in [0.15, 0.2) is 8.07 Å². The zero-order chi connectivity index (χ0) is 39.5. The molecule has 2 nitrogen and oxygen atoms in total. The highest BCUT2D eigenvalue weighted by Gasteiger charge is 2.41. The highest BCUT2D eigenvalue weighted by atomic mass is 28.3. The quantitative estimate of drug-likeness (QED) is 0.117. The average Bonchev–Trinajstić information content (AvgIpc) is 3.82. The Morgan fingerprint density at radius 3 is 1.29 bits per heavy atom. The summed E-state index contributed by atoms with van der Waals surface area (Å²) in [4.78, 5) is 0. The predicted octanol–water partition coefficient (Wildman–Crippen LogP) is 12.0. The molecule has 0 N–H and O–H groups in total. The van der Waals surface area contributed by atoms with Crippen LogP contribution in [-0.2, 0) is 0 Å². The highest BCUT2D eigenvalue weighted by Crippen LogP contribution is 2.39. The minimum absolute atomic E-state index is 0.886. The molecular formula is C56H41NOSi. The molecule has 59 heavy (non-hydrogen) atoms. The van der Waals surface area contributed by atoms with Crippen molar-refractivity contribution in [1.29, 1.82) is 0 Å². The number of furan rings is 1. The van der Waals surface area contributed by atoms with E-state index in [-0.39, 0.29) is 0 Å². The molecule has 0 fully saturated rings. The summed E-state index contributed by atoms with van der Waals surface area (Å²) in [7, 11) is -2.74. The van der Waals surface area contributed by atoms with E-state index in [1.165, 1.54) is 75.9 Å². The van der Waals surface area contributed by atoms with E-state index >= 15 is 0 Å². The summed E-state index contributed by atoms with van der Waals surface area (Å²) in [5.41, 5.74) is 12.7. The van der Waals surface area contributed by atoms with E-state index in [0.717, 1.165) is 27.6 Å². The Morgan fingerprint density at radius 2 is 0.797 bits per heavy atom. The lowest BCUT2D eigenvalue weighted by Crippen LogP contribution is -2.74. The smallest absolute Gasteiger partial charge is 0.179 e. The van der Waals surface area contributed by atoms with E-state index < -0.39 is 8.07 Å². The van der Waals surface area contributed by atoms with Crippen molar-refractivity contribution in [2.24, 2.45) is 0 Å². The van der Waals surface area contributed by atoms with Crippen LogP contribution in [0.25, 0.3) is 71.7 Å². The molecule has 0 amide bonds. The molecule has 11 aromatic rings. The van der Waals surface area contributed by atoms with Gasteiger partial charge in [0.05, 0.1) is 11.0 Å². The number of aryl methyl sites for hydroxylation is 2. The molecule has 0 bridgehead atoms. The maximum absolute atomic E-state index is 6.64. The summed E-state index contributed by atoms with van der Waals surface area (Å²) in [6.45, 7) is 4.39. The molecule has 9 aromatic carbocycles. The molecule has 0 saturated carbocycles. The second kappa shape index (κ2) is 14.0. The lowest BCUT2D eigenvalue weighted by Gasteiger charge is -2.34. The third kappa shape index (κ3) is 5.61. The van der Waals surface area contributed by atoms with Crippen LogP contribution >= 0.6 is 0 Å². The minimum Gasteiger partial charge on any atom is -0.456 e. The Balaban J connectivity index is 1.16. The monoisotopic (exact) mass is 771 g/mol. The van der Waals surface area contributed by atoms with Gasteiger partial charge in [0.25, 0.3) is 0 Å². The number of benzene rings is 9.